The number of ether oxygens (including phenoxy) is 1. The average molecular weight is 386 g/mol. The van der Waals surface area contributed by atoms with Gasteiger partial charge in [-0.2, -0.15) is 0 Å². The van der Waals surface area contributed by atoms with Crippen molar-refractivity contribution in [1.82, 2.24) is 4.98 Å². The first-order valence-electron chi connectivity index (χ1n) is 7.12. The Balaban J connectivity index is 0.00000312. The van der Waals surface area contributed by atoms with E-state index >= 15 is 0 Å². The first kappa shape index (κ1) is 20.7. The number of hydrogen-bond acceptors (Lipinski definition) is 7. The van der Waals surface area contributed by atoms with Crippen LogP contribution in [0.2, 0.25) is 0 Å². The number of methoxy groups -OCH3 is 1. The van der Waals surface area contributed by atoms with Crippen LogP contribution in [0.5, 0.6) is 5.75 Å². The number of benzene rings is 1. The highest BCUT2D eigenvalue weighted by Crippen LogP contribution is 2.28. The van der Waals surface area contributed by atoms with Gasteiger partial charge in [0.15, 0.2) is 10.8 Å². The van der Waals surface area contributed by atoms with E-state index in [-0.39, 0.29) is 23.1 Å². The van der Waals surface area contributed by atoms with Crippen LogP contribution >= 0.6 is 23.7 Å². The first-order chi connectivity index (χ1) is 11.4. The molecule has 0 aliphatic carbocycles. The molecule has 2 aromatic rings. The topological polar surface area (TPSA) is 132 Å². The van der Waals surface area contributed by atoms with Gasteiger partial charge in [-0.15, -0.1) is 12.4 Å². The second kappa shape index (κ2) is 9.21. The van der Waals surface area contributed by atoms with Gasteiger partial charge in [-0.05, 0) is 24.1 Å². The molecule has 0 saturated carbocycles. The molecule has 0 bridgehead atoms. The number of nitrogens with two attached hydrogens (primary N) is 2. The lowest BCUT2D eigenvalue weighted by Gasteiger charge is -2.12. The SMILES string of the molecule is CNc1nc(C(N)=O)c(NC(=O)[C@@H](N)Cc2ccc(OC)cc2)s1.Cl. The Hall–Kier alpha value is -2.36. The summed E-state index contributed by atoms with van der Waals surface area (Å²) in [4.78, 5) is 27.7. The molecular weight excluding hydrogens is 366 g/mol. The summed E-state index contributed by atoms with van der Waals surface area (Å²) in [6, 6.07) is 6.50. The third-order valence-corrected chi connectivity index (χ3v) is 4.25. The normalized spacial score (nSPS) is 11.2. The summed E-state index contributed by atoms with van der Waals surface area (Å²) in [5, 5.41) is 6.17. The van der Waals surface area contributed by atoms with E-state index in [0.29, 0.717) is 11.6 Å². The molecule has 0 aliphatic rings. The number of anilines is 2. The monoisotopic (exact) mass is 385 g/mol. The number of carbonyl (C=O) groups is 2. The van der Waals surface area contributed by atoms with Gasteiger partial charge in [0.05, 0.1) is 13.2 Å². The molecule has 0 radical (unpaired) electrons. The Labute approximate surface area is 155 Å². The fraction of sp³-hybridized carbons (Fsp3) is 0.267. The minimum absolute atomic E-state index is 0. The average Bonchev–Trinajstić information content (AvgIpc) is 2.98. The molecule has 10 heteroatoms. The Morgan fingerprint density at radius 3 is 2.48 bits per heavy atom. The van der Waals surface area contributed by atoms with E-state index in [1.807, 2.05) is 12.1 Å². The molecule has 0 aliphatic heterocycles. The van der Waals surface area contributed by atoms with E-state index < -0.39 is 17.9 Å². The maximum atomic E-state index is 12.3. The third-order valence-electron chi connectivity index (χ3n) is 3.26. The predicted octanol–water partition coefficient (Wildman–Crippen LogP) is 1.22. The molecule has 2 rings (SSSR count). The lowest BCUT2D eigenvalue weighted by Crippen LogP contribution is -2.37. The van der Waals surface area contributed by atoms with Gasteiger partial charge in [0, 0.05) is 7.05 Å². The maximum Gasteiger partial charge on any atom is 0.270 e. The van der Waals surface area contributed by atoms with E-state index in [2.05, 4.69) is 15.6 Å². The van der Waals surface area contributed by atoms with Gasteiger partial charge in [0.1, 0.15) is 10.8 Å². The van der Waals surface area contributed by atoms with Crippen molar-refractivity contribution in [3.05, 3.63) is 35.5 Å². The van der Waals surface area contributed by atoms with Gasteiger partial charge in [0.25, 0.3) is 5.91 Å². The number of carbonyl (C=O) groups excluding carboxylic acids is 2. The molecule has 1 aromatic carbocycles. The first-order valence-corrected chi connectivity index (χ1v) is 7.94. The van der Waals surface area contributed by atoms with Crippen molar-refractivity contribution in [1.29, 1.82) is 0 Å². The number of thiazole rings is 1. The van der Waals surface area contributed by atoms with Crippen LogP contribution in [-0.4, -0.2) is 37.0 Å². The highest BCUT2D eigenvalue weighted by molar-refractivity contribution is 7.20. The van der Waals surface area contributed by atoms with Gasteiger partial charge in [0.2, 0.25) is 5.91 Å². The van der Waals surface area contributed by atoms with Crippen molar-refractivity contribution in [2.24, 2.45) is 11.5 Å². The molecule has 0 unspecified atom stereocenters. The highest BCUT2D eigenvalue weighted by atomic mass is 35.5. The number of halogens is 1. The van der Waals surface area contributed by atoms with Crippen molar-refractivity contribution in [2.45, 2.75) is 12.5 Å². The summed E-state index contributed by atoms with van der Waals surface area (Å²) in [5.74, 6) is -0.404. The van der Waals surface area contributed by atoms with E-state index in [9.17, 15) is 9.59 Å². The Bertz CT molecular complexity index is 735. The lowest BCUT2D eigenvalue weighted by molar-refractivity contribution is -0.117. The molecule has 0 spiro atoms. The molecule has 1 heterocycles. The van der Waals surface area contributed by atoms with Gasteiger partial charge >= 0.3 is 0 Å². The standard InChI is InChI=1S/C15H19N5O3S.ClH/c1-18-15-19-11(12(17)21)14(24-15)20-13(22)10(16)7-8-3-5-9(23-2)6-4-8;/h3-6,10H,7,16H2,1-2H3,(H2,17,21)(H,18,19)(H,20,22);1H/t10-;/m0./s1. The number of nitrogens with zero attached hydrogens (tertiary/aromatic N) is 1. The number of rotatable bonds is 7. The van der Waals surface area contributed by atoms with Crippen LogP contribution in [0.1, 0.15) is 16.1 Å². The van der Waals surface area contributed by atoms with E-state index in [1.54, 1.807) is 26.3 Å². The molecule has 0 saturated heterocycles. The van der Waals surface area contributed by atoms with Crippen LogP contribution in [0.3, 0.4) is 0 Å². The summed E-state index contributed by atoms with van der Waals surface area (Å²) in [6.45, 7) is 0. The maximum absolute atomic E-state index is 12.3. The van der Waals surface area contributed by atoms with Crippen molar-refractivity contribution in [3.63, 3.8) is 0 Å². The highest BCUT2D eigenvalue weighted by Gasteiger charge is 2.21. The van der Waals surface area contributed by atoms with Crippen molar-refractivity contribution >= 4 is 45.7 Å². The summed E-state index contributed by atoms with van der Waals surface area (Å²) in [6.07, 6.45) is 0.347. The molecular formula is C15H20ClN5O3S. The van der Waals surface area contributed by atoms with Gasteiger partial charge in [-0.1, -0.05) is 23.5 Å². The zero-order valence-electron chi connectivity index (χ0n) is 13.7. The van der Waals surface area contributed by atoms with Gasteiger partial charge in [-0.3, -0.25) is 9.59 Å². The largest absolute Gasteiger partial charge is 0.497 e. The minimum Gasteiger partial charge on any atom is -0.497 e. The second-order valence-corrected chi connectivity index (χ2v) is 5.96. The van der Waals surface area contributed by atoms with E-state index in [4.69, 9.17) is 16.2 Å². The number of hydrogen-bond donors (Lipinski definition) is 4. The zero-order valence-corrected chi connectivity index (χ0v) is 15.4. The predicted molar refractivity (Wildman–Crippen MR) is 101 cm³/mol. The molecule has 25 heavy (non-hydrogen) atoms. The fourth-order valence-electron chi connectivity index (χ4n) is 1.99. The molecule has 0 fully saturated rings. The fourth-order valence-corrected chi connectivity index (χ4v) is 2.82. The summed E-state index contributed by atoms with van der Waals surface area (Å²) in [5.41, 5.74) is 12.1. The zero-order chi connectivity index (χ0) is 17.7. The molecule has 1 aromatic heterocycles. The van der Waals surface area contributed by atoms with Crippen LogP contribution in [-0.2, 0) is 11.2 Å². The van der Waals surface area contributed by atoms with Crippen LogP contribution in [0.25, 0.3) is 0 Å². The molecule has 8 nitrogen and oxygen atoms in total. The summed E-state index contributed by atoms with van der Waals surface area (Å²) in [7, 11) is 3.24. The number of aromatic nitrogens is 1. The van der Waals surface area contributed by atoms with Crippen molar-refractivity contribution < 1.29 is 14.3 Å². The molecule has 1 atom stereocenters. The lowest BCUT2D eigenvalue weighted by atomic mass is 10.1. The third kappa shape index (κ3) is 5.31. The van der Waals surface area contributed by atoms with Gasteiger partial charge < -0.3 is 26.8 Å². The van der Waals surface area contributed by atoms with E-state index in [1.165, 1.54) is 0 Å². The van der Waals surface area contributed by atoms with Crippen LogP contribution in [0.4, 0.5) is 10.1 Å². The smallest absolute Gasteiger partial charge is 0.270 e. The van der Waals surface area contributed by atoms with E-state index in [0.717, 1.165) is 22.6 Å². The summed E-state index contributed by atoms with van der Waals surface area (Å²) >= 11 is 1.12. The minimum atomic E-state index is -0.778. The van der Waals surface area contributed by atoms with Crippen molar-refractivity contribution in [3.8, 4) is 5.75 Å². The Morgan fingerprint density at radius 2 is 1.96 bits per heavy atom. The van der Waals surface area contributed by atoms with Crippen molar-refractivity contribution in [2.75, 3.05) is 24.8 Å². The Morgan fingerprint density at radius 1 is 1.32 bits per heavy atom. The summed E-state index contributed by atoms with van der Waals surface area (Å²) < 4.78 is 5.08. The molecule has 2 amide bonds. The quantitative estimate of drug-likeness (QED) is 0.566. The van der Waals surface area contributed by atoms with Crippen LogP contribution in [0.15, 0.2) is 24.3 Å². The number of amides is 2. The Kier molecular flexibility index (Phi) is 7.62. The number of primary amides is 1. The number of nitrogens with one attached hydrogen (secondary N) is 2. The van der Waals surface area contributed by atoms with Crippen LogP contribution in [0, 0.1) is 0 Å². The second-order valence-electron chi connectivity index (χ2n) is 4.96. The molecule has 6 N–H and O–H groups in total. The van der Waals surface area contributed by atoms with Crippen LogP contribution < -0.4 is 26.8 Å². The molecule has 136 valence electrons. The van der Waals surface area contributed by atoms with Gasteiger partial charge in [-0.25, -0.2) is 4.98 Å².